The smallest absolute Gasteiger partial charge is 0.343 e. The number of hydrazone groups is 1. The third kappa shape index (κ3) is 5.73. The van der Waals surface area contributed by atoms with Crippen LogP contribution in [0.3, 0.4) is 0 Å². The molecule has 0 atom stereocenters. The molecule has 7 nitrogen and oxygen atoms in total. The first-order chi connectivity index (χ1) is 18.9. The molecule has 1 heterocycles. The highest BCUT2D eigenvalue weighted by atomic mass is 79.9. The third-order valence-electron chi connectivity index (χ3n) is 5.90. The summed E-state index contributed by atoms with van der Waals surface area (Å²) in [6.07, 6.45) is 1.38. The topological polar surface area (TPSA) is 92.8 Å². The SMILES string of the molecule is COc1cccc(C(=O)Oc2ccc(Br)cc2C=NNC(=O)c2[nH]c3ccc(F)cc3c2-c2ccccc2)c1. The first-order valence-electron chi connectivity index (χ1n) is 11.8. The molecule has 1 amide bonds. The van der Waals surface area contributed by atoms with E-state index in [1.807, 2.05) is 30.3 Å². The number of H-pyrrole nitrogens is 1. The van der Waals surface area contributed by atoms with Crippen molar-refractivity contribution in [1.29, 1.82) is 0 Å². The Morgan fingerprint density at radius 3 is 2.59 bits per heavy atom. The molecule has 0 spiro atoms. The Hall–Kier alpha value is -4.76. The van der Waals surface area contributed by atoms with Crippen LogP contribution in [0.4, 0.5) is 4.39 Å². The molecule has 194 valence electrons. The molecule has 39 heavy (non-hydrogen) atoms. The van der Waals surface area contributed by atoms with Crippen LogP contribution in [0.15, 0.2) is 101 Å². The van der Waals surface area contributed by atoms with Gasteiger partial charge in [0.25, 0.3) is 5.91 Å². The first kappa shape index (κ1) is 25.9. The third-order valence-corrected chi connectivity index (χ3v) is 6.39. The maximum absolute atomic E-state index is 14.1. The van der Waals surface area contributed by atoms with E-state index in [9.17, 15) is 14.0 Å². The zero-order valence-corrected chi connectivity index (χ0v) is 22.2. The predicted molar refractivity (Wildman–Crippen MR) is 151 cm³/mol. The Morgan fingerprint density at radius 1 is 0.974 bits per heavy atom. The fourth-order valence-electron chi connectivity index (χ4n) is 4.08. The van der Waals surface area contributed by atoms with Crippen LogP contribution in [0.1, 0.15) is 26.4 Å². The van der Waals surface area contributed by atoms with E-state index in [2.05, 4.69) is 31.4 Å². The van der Waals surface area contributed by atoms with E-state index in [0.29, 0.717) is 33.3 Å². The number of hydrogen-bond acceptors (Lipinski definition) is 5. The zero-order valence-electron chi connectivity index (χ0n) is 20.6. The van der Waals surface area contributed by atoms with Gasteiger partial charge in [0.05, 0.1) is 18.9 Å². The number of benzene rings is 4. The van der Waals surface area contributed by atoms with Crippen LogP contribution in [-0.4, -0.2) is 30.2 Å². The molecule has 4 aromatic carbocycles. The van der Waals surface area contributed by atoms with Crippen LogP contribution in [0.25, 0.3) is 22.0 Å². The maximum Gasteiger partial charge on any atom is 0.343 e. The molecular weight excluding hydrogens is 565 g/mol. The second kappa shape index (κ2) is 11.3. The lowest BCUT2D eigenvalue weighted by atomic mass is 10.0. The van der Waals surface area contributed by atoms with Gasteiger partial charge in [0, 0.05) is 26.5 Å². The lowest BCUT2D eigenvalue weighted by molar-refractivity contribution is 0.0733. The van der Waals surface area contributed by atoms with Gasteiger partial charge in [-0.1, -0.05) is 52.3 Å². The van der Waals surface area contributed by atoms with E-state index >= 15 is 0 Å². The molecule has 0 aliphatic heterocycles. The van der Waals surface area contributed by atoms with Crippen molar-refractivity contribution >= 4 is 44.9 Å². The van der Waals surface area contributed by atoms with Gasteiger partial charge in [0.1, 0.15) is 23.0 Å². The monoisotopic (exact) mass is 585 g/mol. The normalized spacial score (nSPS) is 11.1. The molecule has 0 aliphatic carbocycles. The number of amides is 1. The standard InChI is InChI=1S/C30H21BrFN3O4/c1-38-23-9-5-8-19(15-23)30(37)39-26-13-10-21(31)14-20(26)17-33-35-29(36)28-27(18-6-3-2-4-7-18)24-16-22(32)11-12-25(24)34-28/h2-17,34H,1H3,(H,35,36). The second-order valence-electron chi connectivity index (χ2n) is 8.43. The van der Waals surface area contributed by atoms with Gasteiger partial charge in [-0.2, -0.15) is 5.10 Å². The molecule has 0 radical (unpaired) electrons. The van der Waals surface area contributed by atoms with E-state index in [1.54, 1.807) is 48.5 Å². The second-order valence-corrected chi connectivity index (χ2v) is 9.35. The number of esters is 1. The van der Waals surface area contributed by atoms with Crippen molar-refractivity contribution in [2.45, 2.75) is 0 Å². The summed E-state index contributed by atoms with van der Waals surface area (Å²) in [5, 5.41) is 4.68. The van der Waals surface area contributed by atoms with Crippen molar-refractivity contribution in [2.75, 3.05) is 7.11 Å². The summed E-state index contributed by atoms with van der Waals surface area (Å²) in [4.78, 5) is 29.0. The van der Waals surface area contributed by atoms with Crippen molar-refractivity contribution in [3.05, 3.63) is 118 Å². The van der Waals surface area contributed by atoms with E-state index < -0.39 is 17.7 Å². The van der Waals surface area contributed by atoms with Crippen LogP contribution in [0.5, 0.6) is 11.5 Å². The van der Waals surface area contributed by atoms with Crippen molar-refractivity contribution in [1.82, 2.24) is 10.4 Å². The Kier molecular flexibility index (Phi) is 7.51. The van der Waals surface area contributed by atoms with Gasteiger partial charge in [-0.05, 0) is 60.2 Å². The summed E-state index contributed by atoms with van der Waals surface area (Å²) in [6.45, 7) is 0. The molecule has 0 aliphatic rings. The summed E-state index contributed by atoms with van der Waals surface area (Å²) in [5.74, 6) is -0.733. The molecule has 0 bridgehead atoms. The number of carbonyl (C=O) groups excluding carboxylic acids is 2. The fraction of sp³-hybridized carbons (Fsp3) is 0.0333. The summed E-state index contributed by atoms with van der Waals surface area (Å²) in [7, 11) is 1.51. The number of hydrogen-bond donors (Lipinski definition) is 2. The number of halogens is 2. The Morgan fingerprint density at radius 2 is 1.79 bits per heavy atom. The molecule has 0 fully saturated rings. The number of aromatic amines is 1. The van der Waals surface area contributed by atoms with Crippen molar-refractivity contribution < 1.29 is 23.5 Å². The largest absolute Gasteiger partial charge is 0.497 e. The van der Waals surface area contributed by atoms with Gasteiger partial charge in [-0.3, -0.25) is 4.79 Å². The minimum Gasteiger partial charge on any atom is -0.497 e. The predicted octanol–water partition coefficient (Wildman–Crippen LogP) is 6.73. The average Bonchev–Trinajstić information content (AvgIpc) is 3.33. The van der Waals surface area contributed by atoms with E-state index in [1.165, 1.54) is 25.5 Å². The van der Waals surface area contributed by atoms with Gasteiger partial charge in [-0.15, -0.1) is 0 Å². The number of methoxy groups -OCH3 is 1. The summed E-state index contributed by atoms with van der Waals surface area (Å²) in [5.41, 5.74) is 5.44. The molecule has 0 saturated carbocycles. The minimum atomic E-state index is -0.576. The Balaban J connectivity index is 1.40. The highest BCUT2D eigenvalue weighted by molar-refractivity contribution is 9.10. The molecular formula is C30H21BrFN3O4. The van der Waals surface area contributed by atoms with Crippen LogP contribution in [0.2, 0.25) is 0 Å². The molecule has 9 heteroatoms. The van der Waals surface area contributed by atoms with Gasteiger partial charge >= 0.3 is 5.97 Å². The minimum absolute atomic E-state index is 0.234. The zero-order chi connectivity index (χ0) is 27.4. The highest BCUT2D eigenvalue weighted by Crippen LogP contribution is 2.33. The number of ether oxygens (including phenoxy) is 2. The number of carbonyl (C=O) groups is 2. The number of nitrogens with one attached hydrogen (secondary N) is 2. The van der Waals surface area contributed by atoms with Crippen LogP contribution in [-0.2, 0) is 0 Å². The van der Waals surface area contributed by atoms with Crippen LogP contribution in [0, 0.1) is 5.82 Å². The van der Waals surface area contributed by atoms with Crippen molar-refractivity contribution in [3.63, 3.8) is 0 Å². The van der Waals surface area contributed by atoms with Gasteiger partial charge in [0.2, 0.25) is 0 Å². The molecule has 5 aromatic rings. The van der Waals surface area contributed by atoms with E-state index in [0.717, 1.165) is 10.0 Å². The average molecular weight is 586 g/mol. The number of aromatic nitrogens is 1. The molecule has 0 unspecified atom stereocenters. The highest BCUT2D eigenvalue weighted by Gasteiger charge is 2.20. The molecule has 1 aromatic heterocycles. The van der Waals surface area contributed by atoms with Gasteiger partial charge in [0.15, 0.2) is 0 Å². The summed E-state index contributed by atoms with van der Waals surface area (Å²) < 4.78 is 25.5. The number of fused-ring (bicyclic) bond motifs is 1. The lowest BCUT2D eigenvalue weighted by Gasteiger charge is -2.09. The Bertz CT molecular complexity index is 1720. The van der Waals surface area contributed by atoms with Crippen molar-refractivity contribution in [3.8, 4) is 22.6 Å². The first-order valence-corrected chi connectivity index (χ1v) is 12.6. The number of nitrogens with zero attached hydrogens (tertiary/aromatic N) is 1. The molecule has 5 rings (SSSR count). The Labute approximate surface area is 231 Å². The van der Waals surface area contributed by atoms with Gasteiger partial charge in [-0.25, -0.2) is 14.6 Å². The molecule has 0 saturated heterocycles. The van der Waals surface area contributed by atoms with E-state index in [-0.39, 0.29) is 11.4 Å². The van der Waals surface area contributed by atoms with Crippen molar-refractivity contribution in [2.24, 2.45) is 5.10 Å². The van der Waals surface area contributed by atoms with Crippen LogP contribution < -0.4 is 14.9 Å². The molecule has 2 N–H and O–H groups in total. The fourth-order valence-corrected chi connectivity index (χ4v) is 4.46. The maximum atomic E-state index is 14.1. The van der Waals surface area contributed by atoms with E-state index in [4.69, 9.17) is 9.47 Å². The van der Waals surface area contributed by atoms with Gasteiger partial charge < -0.3 is 14.5 Å². The lowest BCUT2D eigenvalue weighted by Crippen LogP contribution is -2.19. The summed E-state index contributed by atoms with van der Waals surface area (Å²) >= 11 is 3.40. The number of rotatable bonds is 7. The quantitative estimate of drug-likeness (QED) is 0.0958. The summed E-state index contributed by atoms with van der Waals surface area (Å²) in [6, 6.07) is 25.2. The van der Waals surface area contributed by atoms with Crippen LogP contribution >= 0.6 is 15.9 Å².